The summed E-state index contributed by atoms with van der Waals surface area (Å²) in [6.07, 6.45) is 0. The van der Waals surface area contributed by atoms with E-state index >= 15 is 0 Å². The van der Waals surface area contributed by atoms with Crippen LogP contribution < -0.4 is 0 Å². The van der Waals surface area contributed by atoms with Gasteiger partial charge in [0.1, 0.15) is 5.37 Å². The van der Waals surface area contributed by atoms with Gasteiger partial charge in [0.05, 0.1) is 25.3 Å². The van der Waals surface area contributed by atoms with E-state index < -0.39 is 11.9 Å². The van der Waals surface area contributed by atoms with E-state index in [1.165, 1.54) is 14.2 Å². The first-order valence-electron chi connectivity index (χ1n) is 7.27. The van der Waals surface area contributed by atoms with Crippen molar-refractivity contribution in [2.24, 2.45) is 0 Å². The number of carbonyl (C=O) groups is 2. The van der Waals surface area contributed by atoms with Crippen molar-refractivity contribution in [2.75, 3.05) is 14.2 Å². The Kier molecular flexibility index (Phi) is 4.60. The van der Waals surface area contributed by atoms with Gasteiger partial charge in [-0.1, -0.05) is 23.7 Å². The molecule has 0 radical (unpaired) electrons. The van der Waals surface area contributed by atoms with Gasteiger partial charge in [-0.05, 0) is 24.6 Å². The number of halogens is 1. The summed E-state index contributed by atoms with van der Waals surface area (Å²) in [5.41, 5.74) is 3.10. The molecule has 0 N–H and O–H groups in total. The number of hydrogen-bond acceptors (Lipinski definition) is 5. The summed E-state index contributed by atoms with van der Waals surface area (Å²) in [6, 6.07) is 7.56. The van der Waals surface area contributed by atoms with Crippen LogP contribution in [-0.4, -0.2) is 30.7 Å². The second kappa shape index (κ2) is 6.53. The Morgan fingerprint density at radius 2 is 1.71 bits per heavy atom. The second-order valence-electron chi connectivity index (χ2n) is 5.35. The first-order valence-corrected chi connectivity index (χ1v) is 8.69. The molecule has 7 heteroatoms. The van der Waals surface area contributed by atoms with Crippen LogP contribution in [0.2, 0.25) is 5.02 Å². The van der Waals surface area contributed by atoms with E-state index in [0.717, 1.165) is 11.3 Å². The molecule has 0 saturated heterocycles. The molecule has 1 aliphatic rings. The summed E-state index contributed by atoms with van der Waals surface area (Å²) in [5.74, 6) is -0.450. The van der Waals surface area contributed by atoms with Gasteiger partial charge in [0.15, 0.2) is 0 Å². The predicted octanol–water partition coefficient (Wildman–Crippen LogP) is 3.82. The monoisotopic (exact) mass is 365 g/mol. The van der Waals surface area contributed by atoms with Crippen molar-refractivity contribution in [3.8, 4) is 0 Å². The normalized spacial score (nSPS) is 15.9. The second-order valence-corrected chi connectivity index (χ2v) is 6.86. The van der Waals surface area contributed by atoms with E-state index in [1.807, 2.05) is 35.8 Å². The van der Waals surface area contributed by atoms with Crippen LogP contribution in [0.3, 0.4) is 0 Å². The van der Waals surface area contributed by atoms with Crippen LogP contribution in [0.25, 0.3) is 0 Å². The average Bonchev–Trinajstić information content (AvgIpc) is 3.13. The van der Waals surface area contributed by atoms with Crippen molar-refractivity contribution in [3.05, 3.63) is 57.4 Å². The van der Waals surface area contributed by atoms with Crippen molar-refractivity contribution >= 4 is 35.3 Å². The first-order chi connectivity index (χ1) is 11.5. The molecule has 0 amide bonds. The number of ether oxygens (including phenoxy) is 2. The van der Waals surface area contributed by atoms with Crippen molar-refractivity contribution < 1.29 is 19.1 Å². The van der Waals surface area contributed by atoms with Gasteiger partial charge < -0.3 is 14.0 Å². The third kappa shape index (κ3) is 2.59. The van der Waals surface area contributed by atoms with Crippen LogP contribution in [0.15, 0.2) is 24.3 Å². The third-order valence-corrected chi connectivity index (χ3v) is 5.59. The molecule has 5 nitrogen and oxygen atoms in total. The van der Waals surface area contributed by atoms with Crippen LogP contribution in [0, 0.1) is 6.92 Å². The Labute approximate surface area is 148 Å². The number of benzene rings is 1. The van der Waals surface area contributed by atoms with Gasteiger partial charge in [0, 0.05) is 22.2 Å². The van der Waals surface area contributed by atoms with Gasteiger partial charge in [0.25, 0.3) is 0 Å². The third-order valence-electron chi connectivity index (χ3n) is 4.10. The summed E-state index contributed by atoms with van der Waals surface area (Å²) < 4.78 is 11.7. The van der Waals surface area contributed by atoms with Gasteiger partial charge in [-0.3, -0.25) is 0 Å². The molecule has 1 aromatic heterocycles. The molecule has 3 rings (SSSR count). The summed E-state index contributed by atoms with van der Waals surface area (Å²) in [4.78, 5) is 24.4. The van der Waals surface area contributed by atoms with Crippen molar-refractivity contribution in [3.63, 3.8) is 0 Å². The molecular weight excluding hydrogens is 350 g/mol. The Balaban J connectivity index is 2.18. The summed E-state index contributed by atoms with van der Waals surface area (Å²) in [5, 5.41) is 0.635. The van der Waals surface area contributed by atoms with Crippen LogP contribution in [0.5, 0.6) is 0 Å². The predicted molar refractivity (Wildman–Crippen MR) is 92.7 cm³/mol. The molecule has 1 aromatic carbocycles. The molecule has 2 heterocycles. The fraction of sp³-hybridized carbons (Fsp3) is 0.294. The maximum Gasteiger partial charge on any atom is 0.340 e. The lowest BCUT2D eigenvalue weighted by atomic mass is 10.1. The smallest absolute Gasteiger partial charge is 0.340 e. The molecule has 0 aliphatic carbocycles. The maximum absolute atomic E-state index is 12.2. The topological polar surface area (TPSA) is 57.5 Å². The molecule has 0 fully saturated rings. The lowest BCUT2D eigenvalue weighted by Crippen LogP contribution is -2.12. The highest BCUT2D eigenvalue weighted by Crippen LogP contribution is 2.45. The van der Waals surface area contributed by atoms with E-state index in [9.17, 15) is 9.59 Å². The highest BCUT2D eigenvalue weighted by molar-refractivity contribution is 7.99. The van der Waals surface area contributed by atoms with Gasteiger partial charge in [-0.25, -0.2) is 9.59 Å². The SMILES string of the molecule is COC(=O)c1c(C(=O)OC)c2n(c1C)[C@@H](c1ccc(Cl)cc1)SC2. The van der Waals surface area contributed by atoms with Crippen molar-refractivity contribution in [1.29, 1.82) is 0 Å². The molecule has 0 unspecified atom stereocenters. The molecule has 1 atom stereocenters. The number of esters is 2. The number of thioether (sulfide) groups is 1. The number of nitrogens with zero attached hydrogens (tertiary/aromatic N) is 1. The lowest BCUT2D eigenvalue weighted by Gasteiger charge is -2.16. The van der Waals surface area contributed by atoms with Crippen LogP contribution in [-0.2, 0) is 15.2 Å². The minimum Gasteiger partial charge on any atom is -0.465 e. The van der Waals surface area contributed by atoms with Gasteiger partial charge in [0.2, 0.25) is 0 Å². The lowest BCUT2D eigenvalue weighted by molar-refractivity contribution is 0.0555. The van der Waals surface area contributed by atoms with Gasteiger partial charge in [-0.2, -0.15) is 0 Å². The molecule has 1 aliphatic heterocycles. The molecule has 0 saturated carbocycles. The number of methoxy groups -OCH3 is 2. The summed E-state index contributed by atoms with van der Waals surface area (Å²) in [7, 11) is 2.61. The summed E-state index contributed by atoms with van der Waals surface area (Å²) in [6.45, 7) is 1.82. The molecule has 2 aromatic rings. The zero-order valence-electron chi connectivity index (χ0n) is 13.5. The van der Waals surface area contributed by atoms with Crippen LogP contribution >= 0.6 is 23.4 Å². The van der Waals surface area contributed by atoms with Crippen molar-refractivity contribution in [2.45, 2.75) is 18.1 Å². The molecular formula is C17H16ClNO4S. The minimum atomic E-state index is -0.533. The van der Waals surface area contributed by atoms with E-state index in [0.29, 0.717) is 22.0 Å². The van der Waals surface area contributed by atoms with Gasteiger partial charge >= 0.3 is 11.9 Å². The fourth-order valence-corrected chi connectivity index (χ4v) is 4.52. The molecule has 0 spiro atoms. The highest BCUT2D eigenvalue weighted by atomic mass is 35.5. The Hall–Kier alpha value is -1.92. The zero-order chi connectivity index (χ0) is 17.4. The molecule has 24 heavy (non-hydrogen) atoms. The molecule has 126 valence electrons. The standard InChI is InChI=1S/C17H16ClNO4S/c1-9-13(16(20)22-2)14(17(21)23-3)12-8-24-15(19(9)12)10-4-6-11(18)7-5-10/h4-7,15H,8H2,1-3H3/t15-/m1/s1. The van der Waals surface area contributed by atoms with E-state index in [1.54, 1.807) is 11.8 Å². The van der Waals surface area contributed by atoms with Crippen molar-refractivity contribution in [1.82, 2.24) is 4.57 Å². The average molecular weight is 366 g/mol. The zero-order valence-corrected chi connectivity index (χ0v) is 15.0. The largest absolute Gasteiger partial charge is 0.465 e. The Bertz CT molecular complexity index is 813. The number of rotatable bonds is 3. The van der Waals surface area contributed by atoms with E-state index in [2.05, 4.69) is 0 Å². The van der Waals surface area contributed by atoms with E-state index in [4.69, 9.17) is 21.1 Å². The Morgan fingerprint density at radius 3 is 2.29 bits per heavy atom. The quantitative estimate of drug-likeness (QED) is 0.774. The Morgan fingerprint density at radius 1 is 1.12 bits per heavy atom. The maximum atomic E-state index is 12.2. The number of aromatic nitrogens is 1. The number of carbonyl (C=O) groups excluding carboxylic acids is 2. The summed E-state index contributed by atoms with van der Waals surface area (Å²) >= 11 is 7.64. The number of fused-ring (bicyclic) bond motifs is 1. The minimum absolute atomic E-state index is 0.0286. The number of hydrogen-bond donors (Lipinski definition) is 0. The van der Waals surface area contributed by atoms with Crippen LogP contribution in [0.1, 0.15) is 43.0 Å². The van der Waals surface area contributed by atoms with E-state index in [-0.39, 0.29) is 10.9 Å². The highest BCUT2D eigenvalue weighted by Gasteiger charge is 2.37. The van der Waals surface area contributed by atoms with Gasteiger partial charge in [-0.15, -0.1) is 11.8 Å². The van der Waals surface area contributed by atoms with Crippen LogP contribution in [0.4, 0.5) is 0 Å². The fourth-order valence-electron chi connectivity index (χ4n) is 3.01. The first kappa shape index (κ1) is 16.9. The molecule has 0 bridgehead atoms.